The highest BCUT2D eigenvalue weighted by atomic mass is 32.2. The fourth-order valence-corrected chi connectivity index (χ4v) is 4.60. The lowest BCUT2D eigenvalue weighted by Gasteiger charge is -2.21. The molecule has 7 heteroatoms. The summed E-state index contributed by atoms with van der Waals surface area (Å²) >= 11 is 0. The zero-order valence-electron chi connectivity index (χ0n) is 16.3. The number of rotatable bonds is 5. The standard InChI is InChI=1S/C22H25N3O3S/c1-16(18-10-6-3-7-11-18)25-22(26)21(23)19-15-29(27,28)13-12-20(19)24-14-17-8-4-2-5-9-17/h2-11,16H,12-15,23H2,1H3,(H,25,26)/t16-/m1/s1. The lowest BCUT2D eigenvalue weighted by atomic mass is 10.0. The van der Waals surface area contributed by atoms with Crippen molar-refractivity contribution in [2.75, 3.05) is 11.5 Å². The summed E-state index contributed by atoms with van der Waals surface area (Å²) in [5.74, 6) is -0.736. The van der Waals surface area contributed by atoms with Gasteiger partial charge in [0.25, 0.3) is 5.91 Å². The molecule has 1 aliphatic heterocycles. The van der Waals surface area contributed by atoms with Crippen molar-refractivity contribution in [3.63, 3.8) is 0 Å². The zero-order chi connectivity index (χ0) is 20.9. The van der Waals surface area contributed by atoms with E-state index in [1.165, 1.54) is 0 Å². The van der Waals surface area contributed by atoms with Gasteiger partial charge in [-0.15, -0.1) is 0 Å². The van der Waals surface area contributed by atoms with Gasteiger partial charge in [0.15, 0.2) is 9.84 Å². The van der Waals surface area contributed by atoms with Crippen LogP contribution < -0.4 is 11.1 Å². The van der Waals surface area contributed by atoms with Crippen molar-refractivity contribution in [1.29, 1.82) is 0 Å². The van der Waals surface area contributed by atoms with Crippen LogP contribution in [0.15, 0.2) is 76.9 Å². The molecule has 3 rings (SSSR count). The van der Waals surface area contributed by atoms with Crippen molar-refractivity contribution >= 4 is 21.5 Å². The number of carbonyl (C=O) groups is 1. The van der Waals surface area contributed by atoms with Gasteiger partial charge in [0.2, 0.25) is 0 Å². The third kappa shape index (κ3) is 5.54. The van der Waals surface area contributed by atoms with Gasteiger partial charge >= 0.3 is 0 Å². The molecule has 2 aromatic carbocycles. The van der Waals surface area contributed by atoms with Gasteiger partial charge in [-0.25, -0.2) is 8.42 Å². The van der Waals surface area contributed by atoms with Crippen LogP contribution in [0.3, 0.4) is 0 Å². The zero-order valence-corrected chi connectivity index (χ0v) is 17.2. The summed E-state index contributed by atoms with van der Waals surface area (Å²) in [4.78, 5) is 17.3. The highest BCUT2D eigenvalue weighted by Gasteiger charge is 2.29. The van der Waals surface area contributed by atoms with Gasteiger partial charge in [-0.3, -0.25) is 9.79 Å². The molecule has 0 radical (unpaired) electrons. The van der Waals surface area contributed by atoms with Gasteiger partial charge in [0, 0.05) is 17.7 Å². The van der Waals surface area contributed by atoms with Gasteiger partial charge in [-0.1, -0.05) is 60.7 Å². The number of amides is 1. The molecule has 1 fully saturated rings. The van der Waals surface area contributed by atoms with Crippen LogP contribution in [0, 0.1) is 0 Å². The van der Waals surface area contributed by atoms with E-state index in [4.69, 9.17) is 5.73 Å². The van der Waals surface area contributed by atoms with Crippen molar-refractivity contribution in [2.24, 2.45) is 10.7 Å². The third-order valence-electron chi connectivity index (χ3n) is 4.87. The first-order valence-corrected chi connectivity index (χ1v) is 11.3. The summed E-state index contributed by atoms with van der Waals surface area (Å²) in [6, 6.07) is 18.9. The van der Waals surface area contributed by atoms with Crippen molar-refractivity contribution < 1.29 is 13.2 Å². The molecule has 1 amide bonds. The lowest BCUT2D eigenvalue weighted by Crippen LogP contribution is -2.36. The number of nitrogens with two attached hydrogens (primary N) is 1. The molecular formula is C22H25N3O3S. The maximum Gasteiger partial charge on any atom is 0.268 e. The summed E-state index contributed by atoms with van der Waals surface area (Å²) < 4.78 is 24.4. The first-order chi connectivity index (χ1) is 13.9. The Bertz CT molecular complexity index is 1030. The number of sulfone groups is 1. The Balaban J connectivity index is 1.84. The topological polar surface area (TPSA) is 102 Å². The van der Waals surface area contributed by atoms with E-state index in [1.807, 2.05) is 67.6 Å². The van der Waals surface area contributed by atoms with Crippen molar-refractivity contribution in [3.05, 3.63) is 83.1 Å². The minimum Gasteiger partial charge on any atom is -0.394 e. The molecular weight excluding hydrogens is 386 g/mol. The van der Waals surface area contributed by atoms with E-state index in [0.29, 0.717) is 17.8 Å². The van der Waals surface area contributed by atoms with Gasteiger partial charge in [-0.05, 0) is 18.1 Å². The number of carbonyl (C=O) groups excluding carboxylic acids is 1. The lowest BCUT2D eigenvalue weighted by molar-refractivity contribution is -0.118. The minimum absolute atomic E-state index is 0.0133. The molecule has 1 aliphatic rings. The van der Waals surface area contributed by atoms with Crippen LogP contribution in [0.25, 0.3) is 0 Å². The molecule has 29 heavy (non-hydrogen) atoms. The largest absolute Gasteiger partial charge is 0.394 e. The third-order valence-corrected chi connectivity index (χ3v) is 6.43. The normalized spacial score (nSPS) is 20.1. The maximum atomic E-state index is 12.7. The number of hydrogen-bond acceptors (Lipinski definition) is 5. The second kappa shape index (κ2) is 9.05. The minimum atomic E-state index is -3.31. The maximum absolute atomic E-state index is 12.7. The van der Waals surface area contributed by atoms with Gasteiger partial charge in [-0.2, -0.15) is 0 Å². The molecule has 3 N–H and O–H groups in total. The molecule has 2 aromatic rings. The Kier molecular flexibility index (Phi) is 6.49. The van der Waals surface area contributed by atoms with Crippen molar-refractivity contribution in [2.45, 2.75) is 25.9 Å². The van der Waals surface area contributed by atoms with Gasteiger partial charge in [0.05, 0.1) is 24.1 Å². The van der Waals surface area contributed by atoms with Crippen LogP contribution in [-0.2, 0) is 21.2 Å². The number of nitrogens with one attached hydrogen (secondary N) is 1. The first-order valence-electron chi connectivity index (χ1n) is 9.48. The Morgan fingerprint density at radius 2 is 1.72 bits per heavy atom. The van der Waals surface area contributed by atoms with E-state index in [-0.39, 0.29) is 29.7 Å². The van der Waals surface area contributed by atoms with Crippen LogP contribution >= 0.6 is 0 Å². The molecule has 0 bridgehead atoms. The second-order valence-electron chi connectivity index (χ2n) is 7.09. The highest BCUT2D eigenvalue weighted by Crippen LogP contribution is 2.20. The number of hydrogen-bond donors (Lipinski definition) is 2. The van der Waals surface area contributed by atoms with Gasteiger partial charge in [0.1, 0.15) is 5.70 Å². The Morgan fingerprint density at radius 1 is 1.10 bits per heavy atom. The highest BCUT2D eigenvalue weighted by molar-refractivity contribution is 7.91. The molecule has 0 saturated carbocycles. The number of benzene rings is 2. The van der Waals surface area contributed by atoms with E-state index in [1.54, 1.807) is 0 Å². The summed E-state index contributed by atoms with van der Waals surface area (Å²) in [7, 11) is -3.31. The monoisotopic (exact) mass is 411 g/mol. The average Bonchev–Trinajstić information content (AvgIpc) is 2.73. The molecule has 0 aliphatic carbocycles. The van der Waals surface area contributed by atoms with E-state index in [0.717, 1.165) is 11.1 Å². The average molecular weight is 412 g/mol. The van der Waals surface area contributed by atoms with Gasteiger partial charge < -0.3 is 11.1 Å². The van der Waals surface area contributed by atoms with Crippen LogP contribution in [0.5, 0.6) is 0 Å². The van der Waals surface area contributed by atoms with Crippen molar-refractivity contribution in [1.82, 2.24) is 5.32 Å². The van der Waals surface area contributed by atoms with E-state index in [2.05, 4.69) is 10.3 Å². The predicted molar refractivity (Wildman–Crippen MR) is 115 cm³/mol. The number of nitrogens with zero attached hydrogens (tertiary/aromatic N) is 1. The quantitative estimate of drug-likeness (QED) is 0.738. The Hall–Kier alpha value is -2.93. The van der Waals surface area contributed by atoms with Crippen LogP contribution in [0.1, 0.15) is 30.5 Å². The molecule has 0 unspecified atom stereocenters. The molecule has 6 nitrogen and oxygen atoms in total. The summed E-state index contributed by atoms with van der Waals surface area (Å²) in [5.41, 5.74) is 8.88. The number of aliphatic imine (C=N–C) groups is 1. The van der Waals surface area contributed by atoms with Crippen LogP contribution in [0.4, 0.5) is 0 Å². The fraction of sp³-hybridized carbons (Fsp3) is 0.273. The van der Waals surface area contributed by atoms with Crippen molar-refractivity contribution in [3.8, 4) is 0 Å². The SMILES string of the molecule is C[C@@H](NC(=O)C(N)=C1CS(=O)(=O)CCC1=NCc1ccccc1)c1ccccc1. The van der Waals surface area contributed by atoms with E-state index < -0.39 is 15.7 Å². The molecule has 152 valence electrons. The Morgan fingerprint density at radius 3 is 2.38 bits per heavy atom. The molecule has 0 spiro atoms. The summed E-state index contributed by atoms with van der Waals surface area (Å²) in [6.07, 6.45) is 0.257. The summed E-state index contributed by atoms with van der Waals surface area (Å²) in [5, 5.41) is 2.84. The van der Waals surface area contributed by atoms with Crippen LogP contribution in [-0.4, -0.2) is 31.5 Å². The summed E-state index contributed by atoms with van der Waals surface area (Å²) in [6.45, 7) is 2.27. The molecule has 1 saturated heterocycles. The first kappa shape index (κ1) is 20.8. The van der Waals surface area contributed by atoms with E-state index >= 15 is 0 Å². The predicted octanol–water partition coefficient (Wildman–Crippen LogP) is 2.54. The molecule has 0 aromatic heterocycles. The Labute approximate surface area is 171 Å². The molecule has 1 atom stereocenters. The smallest absolute Gasteiger partial charge is 0.268 e. The fourth-order valence-electron chi connectivity index (χ4n) is 3.19. The van der Waals surface area contributed by atoms with E-state index in [9.17, 15) is 13.2 Å². The van der Waals surface area contributed by atoms with Crippen LogP contribution in [0.2, 0.25) is 0 Å². The second-order valence-corrected chi connectivity index (χ2v) is 9.27. The molecule has 1 heterocycles.